The Balaban J connectivity index is 2.96. The van der Waals surface area contributed by atoms with Gasteiger partial charge in [-0.05, 0) is 40.5 Å². The van der Waals surface area contributed by atoms with Crippen molar-refractivity contribution in [1.29, 1.82) is 0 Å². The lowest BCUT2D eigenvalue weighted by molar-refractivity contribution is 0.594. The lowest BCUT2D eigenvalue weighted by Gasteiger charge is -2.00. The fourth-order valence-electron chi connectivity index (χ4n) is 0.751. The number of hydrogen-bond donors (Lipinski definition) is 0. The third-order valence-corrected chi connectivity index (χ3v) is 2.96. The van der Waals surface area contributed by atoms with Gasteiger partial charge in [-0.1, -0.05) is 13.0 Å². The minimum Gasteiger partial charge on any atom is -0.205 e. The molecule has 1 aromatic rings. The summed E-state index contributed by atoms with van der Waals surface area (Å²) in [5.41, 5.74) is 0. The van der Waals surface area contributed by atoms with E-state index < -0.39 is 0 Å². The molecule has 0 spiro atoms. The van der Waals surface area contributed by atoms with Crippen molar-refractivity contribution in [2.75, 3.05) is 5.75 Å². The SMILES string of the molecule is CCSc1cccc(I)c1F. The van der Waals surface area contributed by atoms with Crippen LogP contribution in [0.25, 0.3) is 0 Å². The van der Waals surface area contributed by atoms with E-state index in [9.17, 15) is 4.39 Å². The summed E-state index contributed by atoms with van der Waals surface area (Å²) in [5, 5.41) is 0. The van der Waals surface area contributed by atoms with Crippen LogP contribution in [0.1, 0.15) is 6.92 Å². The van der Waals surface area contributed by atoms with Gasteiger partial charge in [-0.3, -0.25) is 0 Å². The highest BCUT2D eigenvalue weighted by molar-refractivity contribution is 14.1. The molecule has 1 aromatic carbocycles. The van der Waals surface area contributed by atoms with E-state index in [0.717, 1.165) is 10.6 Å². The summed E-state index contributed by atoms with van der Waals surface area (Å²) in [6.07, 6.45) is 0. The Morgan fingerprint density at radius 3 is 2.91 bits per heavy atom. The first kappa shape index (κ1) is 9.32. The third kappa shape index (κ3) is 2.33. The van der Waals surface area contributed by atoms with Gasteiger partial charge in [0, 0.05) is 8.47 Å². The number of rotatable bonds is 2. The van der Waals surface area contributed by atoms with Gasteiger partial charge >= 0.3 is 0 Å². The van der Waals surface area contributed by atoms with Crippen molar-refractivity contribution in [3.05, 3.63) is 27.6 Å². The van der Waals surface area contributed by atoms with Gasteiger partial charge in [-0.15, -0.1) is 11.8 Å². The van der Waals surface area contributed by atoms with Crippen LogP contribution in [0.5, 0.6) is 0 Å². The maximum Gasteiger partial charge on any atom is 0.150 e. The van der Waals surface area contributed by atoms with Crippen LogP contribution in [0.15, 0.2) is 23.1 Å². The molecule has 0 heterocycles. The molecule has 0 radical (unpaired) electrons. The first-order valence-electron chi connectivity index (χ1n) is 3.32. The molecule has 0 N–H and O–H groups in total. The predicted octanol–water partition coefficient (Wildman–Crippen LogP) is 3.54. The normalized spacial score (nSPS) is 10.1. The van der Waals surface area contributed by atoms with Crippen LogP contribution in [0, 0.1) is 9.39 Å². The molecule has 60 valence electrons. The third-order valence-electron chi connectivity index (χ3n) is 1.22. The summed E-state index contributed by atoms with van der Waals surface area (Å²) in [4.78, 5) is 0.749. The molecule has 0 aromatic heterocycles. The Bertz CT molecular complexity index is 250. The highest BCUT2D eigenvalue weighted by Crippen LogP contribution is 2.24. The topological polar surface area (TPSA) is 0 Å². The van der Waals surface area contributed by atoms with Crippen molar-refractivity contribution in [3.63, 3.8) is 0 Å². The predicted molar refractivity (Wildman–Crippen MR) is 55.5 cm³/mol. The molecule has 0 nitrogen and oxygen atoms in total. The summed E-state index contributed by atoms with van der Waals surface area (Å²) in [6, 6.07) is 5.46. The van der Waals surface area contributed by atoms with E-state index in [4.69, 9.17) is 0 Å². The van der Waals surface area contributed by atoms with Gasteiger partial charge in [-0.25, -0.2) is 4.39 Å². The Morgan fingerprint density at radius 2 is 2.27 bits per heavy atom. The van der Waals surface area contributed by atoms with E-state index in [1.54, 1.807) is 6.07 Å². The van der Waals surface area contributed by atoms with E-state index in [-0.39, 0.29) is 5.82 Å². The first-order valence-corrected chi connectivity index (χ1v) is 5.39. The molecule has 0 atom stereocenters. The van der Waals surface area contributed by atoms with Gasteiger partial charge in [-0.2, -0.15) is 0 Å². The minimum atomic E-state index is -0.0834. The van der Waals surface area contributed by atoms with Crippen molar-refractivity contribution in [2.45, 2.75) is 11.8 Å². The fraction of sp³-hybridized carbons (Fsp3) is 0.250. The maximum atomic E-state index is 13.2. The Kier molecular flexibility index (Phi) is 3.65. The molecule has 0 fully saturated rings. The molecule has 11 heavy (non-hydrogen) atoms. The molecular formula is C8H8FIS. The number of hydrogen-bond acceptors (Lipinski definition) is 1. The standard InChI is InChI=1S/C8H8FIS/c1-2-11-7-5-3-4-6(10)8(7)9/h3-5H,2H2,1H3. The second-order valence-corrected chi connectivity index (χ2v) is 4.45. The van der Waals surface area contributed by atoms with Crippen LogP contribution in [-0.4, -0.2) is 5.75 Å². The van der Waals surface area contributed by atoms with Crippen LogP contribution in [0.2, 0.25) is 0 Å². The summed E-state index contributed by atoms with van der Waals surface area (Å²) < 4.78 is 13.9. The van der Waals surface area contributed by atoms with Crippen LogP contribution < -0.4 is 0 Å². The van der Waals surface area contributed by atoms with Gasteiger partial charge in [0.25, 0.3) is 0 Å². The van der Waals surface area contributed by atoms with Gasteiger partial charge in [0.1, 0.15) is 5.82 Å². The molecule has 0 saturated heterocycles. The summed E-state index contributed by atoms with van der Waals surface area (Å²) in [6.45, 7) is 2.02. The van der Waals surface area contributed by atoms with Gasteiger partial charge in [0.15, 0.2) is 0 Å². The van der Waals surface area contributed by atoms with Crippen LogP contribution >= 0.6 is 34.4 Å². The molecule has 1 rings (SSSR count). The monoisotopic (exact) mass is 282 g/mol. The summed E-state index contributed by atoms with van der Waals surface area (Å²) >= 11 is 3.54. The fourth-order valence-corrected chi connectivity index (χ4v) is 2.15. The molecule has 0 aliphatic carbocycles. The highest BCUT2D eigenvalue weighted by Gasteiger charge is 2.03. The number of benzene rings is 1. The van der Waals surface area contributed by atoms with Crippen molar-refractivity contribution in [1.82, 2.24) is 0 Å². The van der Waals surface area contributed by atoms with E-state index in [0.29, 0.717) is 3.57 Å². The molecule has 0 aliphatic heterocycles. The second kappa shape index (κ2) is 4.30. The average Bonchev–Trinajstić information content (AvgIpc) is 1.99. The van der Waals surface area contributed by atoms with Gasteiger partial charge in [0.2, 0.25) is 0 Å². The summed E-state index contributed by atoms with van der Waals surface area (Å²) in [5.74, 6) is 0.830. The molecule has 0 aliphatic rings. The first-order chi connectivity index (χ1) is 5.25. The quantitative estimate of drug-likeness (QED) is 0.590. The van der Waals surface area contributed by atoms with Crippen molar-refractivity contribution < 1.29 is 4.39 Å². The van der Waals surface area contributed by atoms with E-state index in [2.05, 4.69) is 0 Å². The maximum absolute atomic E-state index is 13.2. The largest absolute Gasteiger partial charge is 0.205 e. The molecule has 0 unspecified atom stereocenters. The zero-order valence-electron chi connectivity index (χ0n) is 6.10. The zero-order chi connectivity index (χ0) is 8.27. The molecular weight excluding hydrogens is 274 g/mol. The summed E-state index contributed by atoms with van der Waals surface area (Å²) in [7, 11) is 0. The average molecular weight is 282 g/mol. The van der Waals surface area contributed by atoms with E-state index >= 15 is 0 Å². The second-order valence-electron chi connectivity index (χ2n) is 1.98. The number of halogens is 2. The Labute approximate surface area is 83.7 Å². The zero-order valence-corrected chi connectivity index (χ0v) is 9.08. The van der Waals surface area contributed by atoms with Crippen LogP contribution in [-0.2, 0) is 0 Å². The lowest BCUT2D eigenvalue weighted by Crippen LogP contribution is -1.84. The van der Waals surface area contributed by atoms with Gasteiger partial charge < -0.3 is 0 Å². The highest BCUT2D eigenvalue weighted by atomic mass is 127. The van der Waals surface area contributed by atoms with Gasteiger partial charge in [0.05, 0.1) is 0 Å². The van der Waals surface area contributed by atoms with Crippen molar-refractivity contribution in [3.8, 4) is 0 Å². The van der Waals surface area contributed by atoms with Crippen LogP contribution in [0.3, 0.4) is 0 Å². The van der Waals surface area contributed by atoms with Crippen LogP contribution in [0.4, 0.5) is 4.39 Å². The van der Waals surface area contributed by atoms with E-state index in [1.165, 1.54) is 11.8 Å². The Morgan fingerprint density at radius 1 is 1.55 bits per heavy atom. The molecule has 0 saturated carbocycles. The smallest absolute Gasteiger partial charge is 0.150 e. The number of thioether (sulfide) groups is 1. The molecule has 3 heteroatoms. The molecule has 0 amide bonds. The molecule has 0 bridgehead atoms. The van der Waals surface area contributed by atoms with Crippen molar-refractivity contribution >= 4 is 34.4 Å². The van der Waals surface area contributed by atoms with Crippen molar-refractivity contribution in [2.24, 2.45) is 0 Å². The Hall–Kier alpha value is 0.230. The van der Waals surface area contributed by atoms with E-state index in [1.807, 2.05) is 41.6 Å². The lowest BCUT2D eigenvalue weighted by atomic mass is 10.3. The minimum absolute atomic E-state index is 0.0834.